The topological polar surface area (TPSA) is 33.3 Å². The van der Waals surface area contributed by atoms with E-state index >= 15 is 0 Å². The minimum atomic E-state index is 0.394. The summed E-state index contributed by atoms with van der Waals surface area (Å²) in [7, 11) is 0. The lowest BCUT2D eigenvalue weighted by Gasteiger charge is -2.19. The molecule has 0 spiro atoms. The minimum Gasteiger partial charge on any atom is -0.382 e. The van der Waals surface area contributed by atoms with Gasteiger partial charge in [0.15, 0.2) is 0 Å². The van der Waals surface area contributed by atoms with E-state index in [9.17, 15) is 0 Å². The Hall–Kier alpha value is -1.68. The molecule has 3 heteroatoms. The summed E-state index contributed by atoms with van der Waals surface area (Å²) in [6.45, 7) is 7.63. The van der Waals surface area contributed by atoms with Crippen molar-refractivity contribution >= 4 is 0 Å². The summed E-state index contributed by atoms with van der Waals surface area (Å²) in [5, 5.41) is 7.05. The average molecular weight is 326 g/mol. The molecule has 0 fully saturated rings. The van der Waals surface area contributed by atoms with E-state index in [0.29, 0.717) is 5.92 Å². The molecule has 2 aromatic carbocycles. The van der Waals surface area contributed by atoms with Gasteiger partial charge in [0.25, 0.3) is 0 Å². The highest BCUT2D eigenvalue weighted by Gasteiger charge is 2.12. The Morgan fingerprint density at radius 3 is 1.96 bits per heavy atom. The fraction of sp³-hybridized carbons (Fsp3) is 0.429. The van der Waals surface area contributed by atoms with Gasteiger partial charge in [0.1, 0.15) is 0 Å². The van der Waals surface area contributed by atoms with Crippen molar-refractivity contribution in [3.63, 3.8) is 0 Å². The molecule has 3 nitrogen and oxygen atoms in total. The molecule has 0 amide bonds. The molecule has 0 aromatic heterocycles. The standard InChI is InChI=1S/C21H30N2O/c1-2-24-17-9-14-22-15-16-23-18-21(19-10-5-3-6-11-19)20-12-7-4-8-13-20/h3-8,10-13,21-23H,2,9,14-18H2,1H3. The minimum absolute atomic E-state index is 0.394. The number of nitrogens with one attached hydrogen (secondary N) is 2. The van der Waals surface area contributed by atoms with E-state index < -0.39 is 0 Å². The Balaban J connectivity index is 1.74. The second kappa shape index (κ2) is 11.8. The third kappa shape index (κ3) is 6.83. The highest BCUT2D eigenvalue weighted by atomic mass is 16.5. The van der Waals surface area contributed by atoms with Crippen molar-refractivity contribution in [3.05, 3.63) is 71.8 Å². The van der Waals surface area contributed by atoms with Gasteiger partial charge >= 0.3 is 0 Å². The summed E-state index contributed by atoms with van der Waals surface area (Å²) in [4.78, 5) is 0. The van der Waals surface area contributed by atoms with Gasteiger partial charge in [-0.25, -0.2) is 0 Å². The zero-order valence-corrected chi connectivity index (χ0v) is 14.7. The lowest BCUT2D eigenvalue weighted by Crippen LogP contribution is -2.31. The lowest BCUT2D eigenvalue weighted by atomic mass is 9.91. The van der Waals surface area contributed by atoms with Crippen molar-refractivity contribution in [1.29, 1.82) is 0 Å². The Bertz CT molecular complexity index is 491. The summed E-state index contributed by atoms with van der Waals surface area (Å²) in [6.07, 6.45) is 1.07. The molecular formula is C21H30N2O. The van der Waals surface area contributed by atoms with Gasteiger partial charge in [-0.1, -0.05) is 60.7 Å². The number of rotatable bonds is 12. The van der Waals surface area contributed by atoms with E-state index in [1.165, 1.54) is 11.1 Å². The first-order chi connectivity index (χ1) is 11.9. The zero-order valence-electron chi connectivity index (χ0n) is 14.7. The van der Waals surface area contributed by atoms with Crippen molar-refractivity contribution < 1.29 is 4.74 Å². The van der Waals surface area contributed by atoms with Gasteiger partial charge in [-0.15, -0.1) is 0 Å². The lowest BCUT2D eigenvalue weighted by molar-refractivity contribution is 0.145. The molecule has 0 aliphatic rings. The van der Waals surface area contributed by atoms with Crippen LogP contribution >= 0.6 is 0 Å². The van der Waals surface area contributed by atoms with Crippen molar-refractivity contribution in [3.8, 4) is 0 Å². The van der Waals surface area contributed by atoms with Crippen LogP contribution in [0.2, 0.25) is 0 Å². The van der Waals surface area contributed by atoms with E-state index in [4.69, 9.17) is 4.74 Å². The van der Waals surface area contributed by atoms with Crippen LogP contribution in [0.15, 0.2) is 60.7 Å². The smallest absolute Gasteiger partial charge is 0.0477 e. The third-order valence-corrected chi connectivity index (χ3v) is 4.08. The van der Waals surface area contributed by atoms with Gasteiger partial charge in [0.05, 0.1) is 0 Å². The summed E-state index contributed by atoms with van der Waals surface area (Å²) < 4.78 is 5.34. The van der Waals surface area contributed by atoms with Gasteiger partial charge in [0.2, 0.25) is 0 Å². The van der Waals surface area contributed by atoms with E-state index in [1.54, 1.807) is 0 Å². The van der Waals surface area contributed by atoms with Crippen LogP contribution in [-0.4, -0.2) is 39.4 Å². The van der Waals surface area contributed by atoms with E-state index in [2.05, 4.69) is 71.3 Å². The molecule has 0 radical (unpaired) electrons. The first-order valence-electron chi connectivity index (χ1n) is 9.01. The van der Waals surface area contributed by atoms with Crippen molar-refractivity contribution in [2.75, 3.05) is 39.4 Å². The second-order valence-corrected chi connectivity index (χ2v) is 5.88. The number of hydrogen-bond acceptors (Lipinski definition) is 3. The number of ether oxygens (including phenoxy) is 1. The van der Waals surface area contributed by atoms with Crippen LogP contribution in [0.5, 0.6) is 0 Å². The van der Waals surface area contributed by atoms with Crippen molar-refractivity contribution in [2.24, 2.45) is 0 Å². The van der Waals surface area contributed by atoms with E-state index in [-0.39, 0.29) is 0 Å². The van der Waals surface area contributed by atoms with Gasteiger partial charge < -0.3 is 15.4 Å². The molecule has 2 rings (SSSR count). The molecule has 0 saturated heterocycles. The van der Waals surface area contributed by atoms with Crippen LogP contribution in [0.25, 0.3) is 0 Å². The molecule has 24 heavy (non-hydrogen) atoms. The maximum atomic E-state index is 5.34. The molecular weight excluding hydrogens is 296 g/mol. The van der Waals surface area contributed by atoms with E-state index in [1.807, 2.05) is 6.92 Å². The Kier molecular flexibility index (Phi) is 9.17. The highest BCUT2D eigenvalue weighted by molar-refractivity contribution is 5.32. The zero-order chi connectivity index (χ0) is 16.9. The monoisotopic (exact) mass is 326 g/mol. The number of hydrogen-bond donors (Lipinski definition) is 2. The molecule has 130 valence electrons. The molecule has 0 aliphatic heterocycles. The summed E-state index contributed by atoms with van der Waals surface area (Å²) in [5.74, 6) is 0.394. The van der Waals surface area contributed by atoms with Crippen LogP contribution in [0.1, 0.15) is 30.4 Å². The SMILES string of the molecule is CCOCCCNCCNCC(c1ccccc1)c1ccccc1. The first-order valence-corrected chi connectivity index (χ1v) is 9.01. The Labute approximate surface area is 146 Å². The van der Waals surface area contributed by atoms with Crippen LogP contribution in [0, 0.1) is 0 Å². The molecule has 0 bridgehead atoms. The van der Waals surface area contributed by atoms with Gasteiger partial charge in [-0.2, -0.15) is 0 Å². The van der Waals surface area contributed by atoms with Gasteiger partial charge in [-0.3, -0.25) is 0 Å². The molecule has 0 atom stereocenters. The molecule has 0 aliphatic carbocycles. The molecule has 2 aromatic rings. The quantitative estimate of drug-likeness (QED) is 0.586. The fourth-order valence-electron chi connectivity index (χ4n) is 2.79. The number of benzene rings is 2. The van der Waals surface area contributed by atoms with Gasteiger partial charge in [0, 0.05) is 38.8 Å². The largest absolute Gasteiger partial charge is 0.382 e. The van der Waals surface area contributed by atoms with Crippen LogP contribution in [0.3, 0.4) is 0 Å². The normalized spacial score (nSPS) is 11.1. The van der Waals surface area contributed by atoms with Crippen LogP contribution < -0.4 is 10.6 Å². The van der Waals surface area contributed by atoms with E-state index in [0.717, 1.165) is 45.8 Å². The molecule has 2 N–H and O–H groups in total. The Morgan fingerprint density at radius 2 is 1.38 bits per heavy atom. The predicted octanol–water partition coefficient (Wildman–Crippen LogP) is 3.42. The highest BCUT2D eigenvalue weighted by Crippen LogP contribution is 2.23. The van der Waals surface area contributed by atoms with Crippen LogP contribution in [-0.2, 0) is 4.74 Å². The third-order valence-electron chi connectivity index (χ3n) is 4.08. The summed E-state index contributed by atoms with van der Waals surface area (Å²) in [5.41, 5.74) is 2.72. The fourth-order valence-corrected chi connectivity index (χ4v) is 2.79. The summed E-state index contributed by atoms with van der Waals surface area (Å²) in [6, 6.07) is 21.5. The second-order valence-electron chi connectivity index (χ2n) is 5.88. The first kappa shape index (κ1) is 18.7. The maximum absolute atomic E-state index is 5.34. The van der Waals surface area contributed by atoms with Gasteiger partial charge in [-0.05, 0) is 31.0 Å². The van der Waals surface area contributed by atoms with Crippen molar-refractivity contribution in [2.45, 2.75) is 19.3 Å². The molecule has 0 saturated carbocycles. The van der Waals surface area contributed by atoms with Crippen molar-refractivity contribution in [1.82, 2.24) is 10.6 Å². The van der Waals surface area contributed by atoms with Crippen LogP contribution in [0.4, 0.5) is 0 Å². The maximum Gasteiger partial charge on any atom is 0.0477 e. The average Bonchev–Trinajstić information content (AvgIpc) is 2.65. The Morgan fingerprint density at radius 1 is 0.792 bits per heavy atom. The summed E-state index contributed by atoms with van der Waals surface area (Å²) >= 11 is 0. The predicted molar refractivity (Wildman–Crippen MR) is 102 cm³/mol. The molecule has 0 unspecified atom stereocenters. The molecule has 0 heterocycles.